The lowest BCUT2D eigenvalue weighted by atomic mass is 9.83. The van der Waals surface area contributed by atoms with Crippen molar-refractivity contribution < 1.29 is 13.5 Å². The van der Waals surface area contributed by atoms with E-state index in [1.165, 1.54) is 0 Å². The zero-order valence-electron chi connectivity index (χ0n) is 11.6. The monoisotopic (exact) mass is 286 g/mol. The minimum absolute atomic E-state index is 0.0555. The normalized spacial score (nSPS) is 23.6. The van der Waals surface area contributed by atoms with E-state index in [2.05, 4.69) is 11.6 Å². The van der Waals surface area contributed by atoms with E-state index in [1.54, 1.807) is 16.8 Å². The fourth-order valence-electron chi connectivity index (χ4n) is 2.54. The Morgan fingerprint density at radius 1 is 1.47 bits per heavy atom. The lowest BCUT2D eigenvalue weighted by Gasteiger charge is -2.32. The highest BCUT2D eigenvalue weighted by Crippen LogP contribution is 2.28. The zero-order chi connectivity index (χ0) is 14.2. The Kier molecular flexibility index (Phi) is 4.03. The fraction of sp³-hybridized carbons (Fsp3) is 0.692. The highest BCUT2D eigenvalue weighted by Gasteiger charge is 2.30. The summed E-state index contributed by atoms with van der Waals surface area (Å²) in [5.74, 6) is 0.598. The molecular formula is C13H22N2O3S. The minimum Gasteiger partial charge on any atom is -0.390 e. The lowest BCUT2D eigenvalue weighted by Crippen LogP contribution is -2.43. The Labute approximate surface area is 114 Å². The Balaban J connectivity index is 2.20. The van der Waals surface area contributed by atoms with Gasteiger partial charge in [-0.1, -0.05) is 6.92 Å². The van der Waals surface area contributed by atoms with Crippen molar-refractivity contribution in [1.29, 1.82) is 0 Å². The molecule has 1 heterocycles. The van der Waals surface area contributed by atoms with Gasteiger partial charge < -0.3 is 9.67 Å². The van der Waals surface area contributed by atoms with Gasteiger partial charge in [-0.25, -0.2) is 13.1 Å². The van der Waals surface area contributed by atoms with E-state index in [9.17, 15) is 13.5 Å². The van der Waals surface area contributed by atoms with E-state index < -0.39 is 10.0 Å². The van der Waals surface area contributed by atoms with Crippen LogP contribution in [0.2, 0.25) is 0 Å². The van der Waals surface area contributed by atoms with Crippen molar-refractivity contribution in [3.63, 3.8) is 0 Å². The van der Waals surface area contributed by atoms with E-state index in [0.717, 1.165) is 12.8 Å². The number of aromatic nitrogens is 1. The van der Waals surface area contributed by atoms with Crippen LogP contribution in [0.1, 0.15) is 45.3 Å². The van der Waals surface area contributed by atoms with Crippen molar-refractivity contribution in [2.24, 2.45) is 5.92 Å². The van der Waals surface area contributed by atoms with E-state index in [0.29, 0.717) is 11.6 Å². The van der Waals surface area contributed by atoms with Gasteiger partial charge in [0.1, 0.15) is 0 Å². The molecule has 2 rings (SSSR count). The quantitative estimate of drug-likeness (QED) is 0.864. The van der Waals surface area contributed by atoms with E-state index >= 15 is 0 Å². The molecule has 0 unspecified atom stereocenters. The number of hydrogen-bond donors (Lipinski definition) is 2. The molecule has 1 aliphatic rings. The number of hydrogen-bond acceptors (Lipinski definition) is 3. The molecule has 0 aromatic carbocycles. The van der Waals surface area contributed by atoms with Crippen LogP contribution < -0.4 is 4.72 Å². The second kappa shape index (κ2) is 5.26. The topological polar surface area (TPSA) is 71.3 Å². The summed E-state index contributed by atoms with van der Waals surface area (Å²) >= 11 is 0. The molecule has 0 atom stereocenters. The van der Waals surface area contributed by atoms with E-state index in [4.69, 9.17) is 0 Å². The van der Waals surface area contributed by atoms with Gasteiger partial charge in [-0.2, -0.15) is 0 Å². The first-order valence-electron chi connectivity index (χ1n) is 6.67. The van der Waals surface area contributed by atoms with Crippen LogP contribution in [0.5, 0.6) is 0 Å². The highest BCUT2D eigenvalue weighted by atomic mass is 32.2. The summed E-state index contributed by atoms with van der Waals surface area (Å²) < 4.78 is 29.0. The molecule has 1 fully saturated rings. The minimum atomic E-state index is -3.47. The molecule has 0 aliphatic heterocycles. The molecular weight excluding hydrogens is 264 g/mol. The summed E-state index contributed by atoms with van der Waals surface area (Å²) in [6, 6.07) is 1.72. The van der Waals surface area contributed by atoms with Crippen molar-refractivity contribution in [2.45, 2.75) is 57.2 Å². The van der Waals surface area contributed by atoms with Gasteiger partial charge >= 0.3 is 0 Å². The van der Waals surface area contributed by atoms with Crippen molar-refractivity contribution in [3.05, 3.63) is 18.0 Å². The van der Waals surface area contributed by atoms with Crippen LogP contribution in [0.4, 0.5) is 0 Å². The molecule has 1 aromatic heterocycles. The number of sulfonamides is 1. The van der Waals surface area contributed by atoms with Gasteiger partial charge in [-0.15, -0.1) is 0 Å². The predicted molar refractivity (Wildman–Crippen MR) is 73.2 cm³/mol. The van der Waals surface area contributed by atoms with Gasteiger partial charge in [-0.3, -0.25) is 0 Å². The van der Waals surface area contributed by atoms with Crippen molar-refractivity contribution >= 4 is 10.0 Å². The van der Waals surface area contributed by atoms with Gasteiger partial charge in [0.15, 0.2) is 0 Å². The summed E-state index contributed by atoms with van der Waals surface area (Å²) in [4.78, 5) is 0.241. The average Bonchev–Trinajstić information content (AvgIpc) is 2.71. The van der Waals surface area contributed by atoms with Crippen LogP contribution >= 0.6 is 0 Å². The summed E-state index contributed by atoms with van der Waals surface area (Å²) in [6.45, 7) is 5.87. The summed E-state index contributed by atoms with van der Waals surface area (Å²) in [7, 11) is -3.47. The largest absolute Gasteiger partial charge is 0.390 e. The predicted octanol–water partition coefficient (Wildman–Crippen LogP) is 1.64. The SMILES string of the molecule is CC1CC(NS(=O)(=O)c2cc(CO)n(C(C)C)c2)C1. The van der Waals surface area contributed by atoms with Crippen LogP contribution in [-0.4, -0.2) is 24.1 Å². The van der Waals surface area contributed by atoms with Gasteiger partial charge in [0.25, 0.3) is 0 Å². The maximum Gasteiger partial charge on any atom is 0.242 e. The third-order valence-electron chi connectivity index (χ3n) is 3.63. The van der Waals surface area contributed by atoms with Gasteiger partial charge in [0.2, 0.25) is 10.0 Å². The van der Waals surface area contributed by atoms with Crippen LogP contribution in [-0.2, 0) is 16.6 Å². The molecule has 19 heavy (non-hydrogen) atoms. The van der Waals surface area contributed by atoms with Crippen molar-refractivity contribution in [1.82, 2.24) is 9.29 Å². The number of rotatable bonds is 5. The van der Waals surface area contributed by atoms with Crippen LogP contribution in [0, 0.1) is 5.92 Å². The molecule has 2 N–H and O–H groups in total. The molecule has 108 valence electrons. The van der Waals surface area contributed by atoms with Gasteiger partial charge in [0, 0.05) is 24.0 Å². The standard InChI is InChI=1S/C13H22N2O3S/c1-9(2)15-7-13(6-12(15)8-16)19(17,18)14-11-4-10(3)5-11/h6-7,9-11,14,16H,4-5,8H2,1-3H3. The van der Waals surface area contributed by atoms with Crippen molar-refractivity contribution in [2.75, 3.05) is 0 Å². The second-order valence-corrected chi connectivity index (χ2v) is 7.44. The van der Waals surface area contributed by atoms with Crippen LogP contribution in [0.3, 0.4) is 0 Å². The Bertz CT molecular complexity index is 542. The second-order valence-electron chi connectivity index (χ2n) is 5.72. The molecule has 5 nitrogen and oxygen atoms in total. The average molecular weight is 286 g/mol. The number of nitrogens with zero attached hydrogens (tertiary/aromatic N) is 1. The summed E-state index contributed by atoms with van der Waals surface area (Å²) in [5, 5.41) is 9.28. The summed E-state index contributed by atoms with van der Waals surface area (Å²) in [5.41, 5.74) is 0.623. The first kappa shape index (κ1) is 14.6. The molecule has 0 saturated heterocycles. The molecule has 0 spiro atoms. The zero-order valence-corrected chi connectivity index (χ0v) is 12.4. The number of nitrogens with one attached hydrogen (secondary N) is 1. The van der Waals surface area contributed by atoms with Crippen LogP contribution in [0.15, 0.2) is 17.2 Å². The smallest absolute Gasteiger partial charge is 0.242 e. The maximum atomic E-state index is 12.2. The lowest BCUT2D eigenvalue weighted by molar-refractivity contribution is 0.268. The van der Waals surface area contributed by atoms with Crippen molar-refractivity contribution in [3.8, 4) is 0 Å². The molecule has 6 heteroatoms. The number of aliphatic hydroxyl groups excluding tert-OH is 1. The first-order valence-corrected chi connectivity index (χ1v) is 8.15. The molecule has 1 aliphatic carbocycles. The van der Waals surface area contributed by atoms with Gasteiger partial charge in [0.05, 0.1) is 11.5 Å². The third kappa shape index (κ3) is 3.01. The maximum absolute atomic E-state index is 12.2. The molecule has 0 bridgehead atoms. The first-order chi connectivity index (χ1) is 8.83. The Morgan fingerprint density at radius 3 is 2.53 bits per heavy atom. The molecule has 0 amide bonds. The molecule has 0 radical (unpaired) electrons. The fourth-order valence-corrected chi connectivity index (χ4v) is 3.85. The Morgan fingerprint density at radius 2 is 2.11 bits per heavy atom. The highest BCUT2D eigenvalue weighted by molar-refractivity contribution is 7.89. The van der Waals surface area contributed by atoms with Crippen LogP contribution in [0.25, 0.3) is 0 Å². The number of aliphatic hydroxyl groups is 1. The van der Waals surface area contributed by atoms with E-state index in [1.807, 2.05) is 13.8 Å². The van der Waals surface area contributed by atoms with E-state index in [-0.39, 0.29) is 23.6 Å². The third-order valence-corrected chi connectivity index (χ3v) is 5.12. The van der Waals surface area contributed by atoms with Gasteiger partial charge in [-0.05, 0) is 38.7 Å². The summed E-state index contributed by atoms with van der Waals surface area (Å²) in [6.07, 6.45) is 3.40. The molecule has 1 saturated carbocycles. The molecule has 1 aromatic rings. The Hall–Kier alpha value is -0.850.